The molecule has 0 aliphatic carbocycles. The number of benzene rings is 1. The van der Waals surface area contributed by atoms with E-state index in [9.17, 15) is 0 Å². The second-order valence-electron chi connectivity index (χ2n) is 6.67. The normalized spacial score (nSPS) is 16.7. The number of likely N-dealkylation sites (tertiary alicyclic amines) is 1. The SMILES string of the molecule is CCn1cc(C2CCN(Cc3cccc4cccnc34)CC2)cn1. The van der Waals surface area contributed by atoms with Crippen LogP contribution in [0.4, 0.5) is 0 Å². The zero-order valence-corrected chi connectivity index (χ0v) is 14.2. The Morgan fingerprint density at radius 3 is 2.75 bits per heavy atom. The number of nitrogens with zero attached hydrogens (tertiary/aromatic N) is 4. The molecule has 0 amide bonds. The van der Waals surface area contributed by atoms with Crippen LogP contribution in [0.25, 0.3) is 10.9 Å². The summed E-state index contributed by atoms with van der Waals surface area (Å²) in [6.07, 6.45) is 8.60. The molecule has 0 N–H and O–H groups in total. The molecule has 0 bridgehead atoms. The third-order valence-corrected chi connectivity index (χ3v) is 5.15. The summed E-state index contributed by atoms with van der Waals surface area (Å²) in [5.74, 6) is 0.659. The summed E-state index contributed by atoms with van der Waals surface area (Å²) in [6.45, 7) is 6.37. The van der Waals surface area contributed by atoms with E-state index in [4.69, 9.17) is 0 Å². The zero-order chi connectivity index (χ0) is 16.4. The first kappa shape index (κ1) is 15.3. The first-order valence-electron chi connectivity index (χ1n) is 8.91. The number of para-hydroxylation sites is 1. The van der Waals surface area contributed by atoms with Gasteiger partial charge in [0.05, 0.1) is 11.7 Å². The summed E-state index contributed by atoms with van der Waals surface area (Å²) in [6, 6.07) is 10.7. The second-order valence-corrected chi connectivity index (χ2v) is 6.67. The molecule has 0 unspecified atom stereocenters. The van der Waals surface area contributed by atoms with Gasteiger partial charge in [-0.05, 0) is 56.0 Å². The molecule has 4 rings (SSSR count). The molecule has 24 heavy (non-hydrogen) atoms. The summed E-state index contributed by atoms with van der Waals surface area (Å²) in [5.41, 5.74) is 3.89. The van der Waals surface area contributed by atoms with E-state index in [0.29, 0.717) is 5.92 Å². The Morgan fingerprint density at radius 2 is 1.96 bits per heavy atom. The van der Waals surface area contributed by atoms with Crippen molar-refractivity contribution in [3.63, 3.8) is 0 Å². The van der Waals surface area contributed by atoms with Gasteiger partial charge in [-0.25, -0.2) is 0 Å². The van der Waals surface area contributed by atoms with Crippen LogP contribution in [0.5, 0.6) is 0 Å². The minimum atomic E-state index is 0.659. The van der Waals surface area contributed by atoms with Crippen molar-refractivity contribution in [2.75, 3.05) is 13.1 Å². The Hall–Kier alpha value is -2.20. The monoisotopic (exact) mass is 320 g/mol. The molecule has 1 fully saturated rings. The number of aromatic nitrogens is 3. The van der Waals surface area contributed by atoms with E-state index >= 15 is 0 Å². The Morgan fingerprint density at radius 1 is 1.12 bits per heavy atom. The van der Waals surface area contributed by atoms with Crippen molar-refractivity contribution in [1.29, 1.82) is 0 Å². The van der Waals surface area contributed by atoms with Crippen LogP contribution >= 0.6 is 0 Å². The van der Waals surface area contributed by atoms with Crippen LogP contribution in [0.15, 0.2) is 48.9 Å². The van der Waals surface area contributed by atoms with Crippen molar-refractivity contribution in [1.82, 2.24) is 19.7 Å². The van der Waals surface area contributed by atoms with Gasteiger partial charge in [-0.15, -0.1) is 0 Å². The molecule has 0 spiro atoms. The Kier molecular flexibility index (Phi) is 4.30. The molecule has 0 atom stereocenters. The molecule has 1 aliphatic heterocycles. The molecule has 3 heterocycles. The molecule has 1 saturated heterocycles. The van der Waals surface area contributed by atoms with Gasteiger partial charge in [0, 0.05) is 30.9 Å². The maximum atomic E-state index is 4.58. The van der Waals surface area contributed by atoms with Gasteiger partial charge in [0.1, 0.15) is 0 Å². The predicted molar refractivity (Wildman–Crippen MR) is 96.9 cm³/mol. The number of pyridine rings is 1. The summed E-state index contributed by atoms with van der Waals surface area (Å²) >= 11 is 0. The first-order chi connectivity index (χ1) is 11.8. The number of aryl methyl sites for hydroxylation is 1. The van der Waals surface area contributed by atoms with Gasteiger partial charge < -0.3 is 0 Å². The van der Waals surface area contributed by atoms with Crippen LogP contribution in [-0.2, 0) is 13.1 Å². The van der Waals surface area contributed by atoms with Crippen molar-refractivity contribution in [2.24, 2.45) is 0 Å². The lowest BCUT2D eigenvalue weighted by molar-refractivity contribution is 0.205. The number of hydrogen-bond donors (Lipinski definition) is 0. The molecule has 4 heteroatoms. The molecule has 0 radical (unpaired) electrons. The number of rotatable bonds is 4. The largest absolute Gasteiger partial charge is 0.299 e. The van der Waals surface area contributed by atoms with E-state index in [2.05, 4.69) is 58.6 Å². The Bertz CT molecular complexity index is 810. The summed E-state index contributed by atoms with van der Waals surface area (Å²) in [5, 5.41) is 5.66. The van der Waals surface area contributed by atoms with E-state index in [0.717, 1.165) is 31.7 Å². The summed E-state index contributed by atoms with van der Waals surface area (Å²) in [7, 11) is 0. The quantitative estimate of drug-likeness (QED) is 0.732. The molecular weight excluding hydrogens is 296 g/mol. The maximum absolute atomic E-state index is 4.58. The van der Waals surface area contributed by atoms with Gasteiger partial charge in [0.2, 0.25) is 0 Å². The van der Waals surface area contributed by atoms with Gasteiger partial charge in [-0.3, -0.25) is 14.6 Å². The van der Waals surface area contributed by atoms with Crippen molar-refractivity contribution in [3.05, 3.63) is 60.0 Å². The summed E-state index contributed by atoms with van der Waals surface area (Å²) < 4.78 is 2.03. The van der Waals surface area contributed by atoms with E-state index in [1.807, 2.05) is 16.9 Å². The fraction of sp³-hybridized carbons (Fsp3) is 0.400. The number of piperidine rings is 1. The topological polar surface area (TPSA) is 34.0 Å². The minimum absolute atomic E-state index is 0.659. The molecule has 4 nitrogen and oxygen atoms in total. The highest BCUT2D eigenvalue weighted by molar-refractivity contribution is 5.81. The van der Waals surface area contributed by atoms with Gasteiger partial charge in [0.25, 0.3) is 0 Å². The van der Waals surface area contributed by atoms with Crippen LogP contribution < -0.4 is 0 Å². The van der Waals surface area contributed by atoms with E-state index in [-0.39, 0.29) is 0 Å². The van der Waals surface area contributed by atoms with Crippen molar-refractivity contribution >= 4 is 10.9 Å². The molecule has 1 aliphatic rings. The molecule has 2 aromatic heterocycles. The maximum Gasteiger partial charge on any atom is 0.0746 e. The Balaban J connectivity index is 1.42. The van der Waals surface area contributed by atoms with Crippen LogP contribution in [0, 0.1) is 0 Å². The lowest BCUT2D eigenvalue weighted by atomic mass is 9.91. The molecule has 124 valence electrons. The molecular formula is C20H24N4. The van der Waals surface area contributed by atoms with Gasteiger partial charge in [-0.2, -0.15) is 5.10 Å². The fourth-order valence-corrected chi connectivity index (χ4v) is 3.72. The van der Waals surface area contributed by atoms with E-state index in [1.54, 1.807) is 0 Å². The van der Waals surface area contributed by atoms with Crippen molar-refractivity contribution in [2.45, 2.75) is 38.8 Å². The van der Waals surface area contributed by atoms with Gasteiger partial charge in [0.15, 0.2) is 0 Å². The minimum Gasteiger partial charge on any atom is -0.299 e. The van der Waals surface area contributed by atoms with Crippen LogP contribution in [-0.4, -0.2) is 32.8 Å². The second kappa shape index (κ2) is 6.73. The van der Waals surface area contributed by atoms with E-state index in [1.165, 1.54) is 29.4 Å². The highest BCUT2D eigenvalue weighted by Gasteiger charge is 2.22. The first-order valence-corrected chi connectivity index (χ1v) is 8.91. The third-order valence-electron chi connectivity index (χ3n) is 5.15. The van der Waals surface area contributed by atoms with Gasteiger partial charge in [-0.1, -0.05) is 24.3 Å². The average Bonchev–Trinajstić information content (AvgIpc) is 3.12. The highest BCUT2D eigenvalue weighted by Crippen LogP contribution is 2.29. The number of fused-ring (bicyclic) bond motifs is 1. The number of hydrogen-bond acceptors (Lipinski definition) is 3. The lowest BCUT2D eigenvalue weighted by Gasteiger charge is -2.31. The standard InChI is InChI=1S/C20H24N4/c1-2-24-15-19(13-22-24)16-8-11-23(12-9-16)14-18-6-3-5-17-7-4-10-21-20(17)18/h3-7,10,13,15-16H,2,8-9,11-12,14H2,1H3. The summed E-state index contributed by atoms with van der Waals surface area (Å²) in [4.78, 5) is 7.14. The zero-order valence-electron chi connectivity index (χ0n) is 14.2. The fourth-order valence-electron chi connectivity index (χ4n) is 3.72. The molecule has 3 aromatic rings. The van der Waals surface area contributed by atoms with Crippen molar-refractivity contribution < 1.29 is 0 Å². The smallest absolute Gasteiger partial charge is 0.0746 e. The van der Waals surface area contributed by atoms with Gasteiger partial charge >= 0.3 is 0 Å². The Labute approximate surface area is 143 Å². The third kappa shape index (κ3) is 3.06. The van der Waals surface area contributed by atoms with Crippen molar-refractivity contribution in [3.8, 4) is 0 Å². The average molecular weight is 320 g/mol. The highest BCUT2D eigenvalue weighted by atomic mass is 15.3. The molecule has 0 saturated carbocycles. The lowest BCUT2D eigenvalue weighted by Crippen LogP contribution is -2.32. The predicted octanol–water partition coefficient (Wildman–Crippen LogP) is 3.83. The van der Waals surface area contributed by atoms with Crippen LogP contribution in [0.2, 0.25) is 0 Å². The van der Waals surface area contributed by atoms with E-state index < -0.39 is 0 Å². The molecule has 1 aromatic carbocycles. The van der Waals surface area contributed by atoms with Crippen LogP contribution in [0.3, 0.4) is 0 Å². The van der Waals surface area contributed by atoms with Crippen LogP contribution in [0.1, 0.15) is 36.8 Å².